The summed E-state index contributed by atoms with van der Waals surface area (Å²) in [6.07, 6.45) is 1.49. The second-order valence-corrected chi connectivity index (χ2v) is 11.6. The minimum absolute atomic E-state index is 0.0426. The zero-order valence-corrected chi connectivity index (χ0v) is 27.1. The molecule has 0 aliphatic carbocycles. The normalized spacial score (nSPS) is 13.6. The highest BCUT2D eigenvalue weighted by Gasteiger charge is 2.25. The number of benzene rings is 3. The van der Waals surface area contributed by atoms with Crippen molar-refractivity contribution in [3.05, 3.63) is 108 Å². The molecule has 1 fully saturated rings. The molecule has 0 radical (unpaired) electrons. The Labute approximate surface area is 285 Å². The van der Waals surface area contributed by atoms with Crippen molar-refractivity contribution in [2.75, 3.05) is 38.1 Å². The number of carbonyl (C=O) groups is 2. The first-order valence-corrected chi connectivity index (χ1v) is 15.7. The molecule has 6 rings (SSSR count). The summed E-state index contributed by atoms with van der Waals surface area (Å²) in [7, 11) is 3.40. The van der Waals surface area contributed by atoms with Crippen molar-refractivity contribution in [2.45, 2.75) is 19.8 Å². The number of hydrogen-bond donors (Lipinski definition) is 0. The lowest BCUT2D eigenvalue weighted by molar-refractivity contribution is -0.0505. The number of fused-ring (bicyclic) bond motifs is 1. The lowest BCUT2D eigenvalue weighted by Crippen LogP contribution is -2.48. The van der Waals surface area contributed by atoms with Crippen LogP contribution in [0.4, 0.5) is 23.2 Å². The van der Waals surface area contributed by atoms with Crippen LogP contribution >= 0.6 is 0 Å². The van der Waals surface area contributed by atoms with Gasteiger partial charge in [0.2, 0.25) is 5.88 Å². The zero-order chi connectivity index (χ0) is 35.4. The Hall–Kier alpha value is -5.63. The first-order chi connectivity index (χ1) is 24.0. The van der Waals surface area contributed by atoms with E-state index in [1.54, 1.807) is 37.4 Å². The zero-order valence-electron chi connectivity index (χ0n) is 27.1. The standard InChI is InChI=1S/C36H33F4N5O5/c1-42(33(46)24-5-11-28(12-6-24)50-36(39)40)26-8-14-32(41-21-26)48-29-13-7-25-19-31(43(2)30(25)20-29)34(47)45-17-15-44(16-18-45)22-23-3-9-27(10-4-23)49-35(37)38/h3-14,19-21,35-36H,15-18,22H2,1-2H3. The van der Waals surface area contributed by atoms with Gasteiger partial charge >= 0.3 is 13.2 Å². The van der Waals surface area contributed by atoms with Crippen LogP contribution < -0.4 is 19.1 Å². The summed E-state index contributed by atoms with van der Waals surface area (Å²) in [6, 6.07) is 22.6. The number of anilines is 1. The van der Waals surface area contributed by atoms with E-state index in [9.17, 15) is 27.2 Å². The van der Waals surface area contributed by atoms with Crippen molar-refractivity contribution in [1.29, 1.82) is 0 Å². The SMILES string of the molecule is CN(C(=O)c1ccc(OC(F)F)cc1)c1ccc(Oc2ccc3cc(C(=O)N4CCN(Cc5ccc(OC(F)F)cc5)CC4)n(C)c3c2)nc1. The molecule has 0 unspecified atom stereocenters. The van der Waals surface area contributed by atoms with Gasteiger partial charge in [0.25, 0.3) is 11.8 Å². The molecule has 260 valence electrons. The number of halogens is 4. The quantitative estimate of drug-likeness (QED) is 0.141. The molecule has 1 aliphatic rings. The van der Waals surface area contributed by atoms with Crippen molar-refractivity contribution in [3.63, 3.8) is 0 Å². The minimum atomic E-state index is -2.95. The van der Waals surface area contributed by atoms with Gasteiger partial charge in [0.15, 0.2) is 0 Å². The molecule has 2 amide bonds. The predicted molar refractivity (Wildman–Crippen MR) is 177 cm³/mol. The molecule has 2 aromatic heterocycles. The third-order valence-corrected chi connectivity index (χ3v) is 8.41. The van der Waals surface area contributed by atoms with E-state index >= 15 is 0 Å². The summed E-state index contributed by atoms with van der Waals surface area (Å²) in [5, 5.41) is 0.873. The van der Waals surface area contributed by atoms with E-state index < -0.39 is 13.2 Å². The number of aromatic nitrogens is 2. The number of aryl methyl sites for hydroxylation is 1. The van der Waals surface area contributed by atoms with Gasteiger partial charge in [-0.05, 0) is 66.2 Å². The fourth-order valence-corrected chi connectivity index (χ4v) is 5.73. The van der Waals surface area contributed by atoms with Crippen LogP contribution in [0.3, 0.4) is 0 Å². The van der Waals surface area contributed by atoms with Crippen LogP contribution in [0, 0.1) is 0 Å². The molecule has 0 spiro atoms. The maximum atomic E-state index is 13.5. The molecule has 3 aromatic carbocycles. The van der Waals surface area contributed by atoms with E-state index in [-0.39, 0.29) is 28.9 Å². The summed E-state index contributed by atoms with van der Waals surface area (Å²) >= 11 is 0. The van der Waals surface area contributed by atoms with Gasteiger partial charge in [0.1, 0.15) is 22.9 Å². The summed E-state index contributed by atoms with van der Waals surface area (Å²) in [5.74, 6) is 0.441. The van der Waals surface area contributed by atoms with Crippen molar-refractivity contribution in [3.8, 4) is 23.1 Å². The Morgan fingerprint density at radius 3 is 2.02 bits per heavy atom. The van der Waals surface area contributed by atoms with Gasteiger partial charge in [-0.2, -0.15) is 17.6 Å². The number of hydrogen-bond acceptors (Lipinski definition) is 7. The highest BCUT2D eigenvalue weighted by atomic mass is 19.3. The van der Waals surface area contributed by atoms with Crippen LogP contribution in [-0.4, -0.2) is 77.6 Å². The van der Waals surface area contributed by atoms with Gasteiger partial charge in [0.05, 0.1) is 17.4 Å². The molecule has 1 aliphatic heterocycles. The fraction of sp³-hybridized carbons (Fsp3) is 0.250. The summed E-state index contributed by atoms with van der Waals surface area (Å²) < 4.78 is 66.3. The number of carbonyl (C=O) groups excluding carboxylic acids is 2. The van der Waals surface area contributed by atoms with Crippen molar-refractivity contribution >= 4 is 28.4 Å². The molecular formula is C36H33F4N5O5. The average Bonchev–Trinajstić information content (AvgIpc) is 3.44. The molecule has 0 N–H and O–H groups in total. The third-order valence-electron chi connectivity index (χ3n) is 8.41. The first kappa shape index (κ1) is 34.2. The van der Waals surface area contributed by atoms with Crippen LogP contribution in [0.2, 0.25) is 0 Å². The molecule has 3 heterocycles. The number of piperazine rings is 1. The molecule has 10 nitrogen and oxygen atoms in total. The molecule has 1 saturated heterocycles. The number of ether oxygens (including phenoxy) is 3. The number of amides is 2. The molecule has 50 heavy (non-hydrogen) atoms. The van der Waals surface area contributed by atoms with Crippen LogP contribution in [0.5, 0.6) is 23.1 Å². The number of pyridine rings is 1. The molecule has 0 bridgehead atoms. The van der Waals surface area contributed by atoms with Crippen LogP contribution in [0.25, 0.3) is 10.9 Å². The van der Waals surface area contributed by atoms with Gasteiger partial charge in [-0.1, -0.05) is 12.1 Å². The second-order valence-electron chi connectivity index (χ2n) is 11.6. The predicted octanol–water partition coefficient (Wildman–Crippen LogP) is 6.80. The highest BCUT2D eigenvalue weighted by molar-refractivity contribution is 6.05. The molecular weight excluding hydrogens is 658 g/mol. The van der Waals surface area contributed by atoms with E-state index in [1.165, 1.54) is 47.5 Å². The van der Waals surface area contributed by atoms with Gasteiger partial charge < -0.3 is 28.6 Å². The monoisotopic (exact) mass is 691 g/mol. The maximum absolute atomic E-state index is 13.5. The first-order valence-electron chi connectivity index (χ1n) is 15.7. The van der Waals surface area contributed by atoms with E-state index in [4.69, 9.17) is 4.74 Å². The summed E-state index contributed by atoms with van der Waals surface area (Å²) in [4.78, 5) is 36.2. The minimum Gasteiger partial charge on any atom is -0.439 e. The lowest BCUT2D eigenvalue weighted by atomic mass is 10.2. The number of rotatable bonds is 11. The van der Waals surface area contributed by atoms with E-state index in [2.05, 4.69) is 19.4 Å². The van der Waals surface area contributed by atoms with Crippen molar-refractivity contribution in [1.82, 2.24) is 19.4 Å². The van der Waals surface area contributed by atoms with Crippen LogP contribution in [-0.2, 0) is 13.6 Å². The number of nitrogens with zero attached hydrogens (tertiary/aromatic N) is 5. The topological polar surface area (TPSA) is 89.4 Å². The van der Waals surface area contributed by atoms with E-state index in [0.29, 0.717) is 55.7 Å². The second kappa shape index (κ2) is 14.9. The highest BCUT2D eigenvalue weighted by Crippen LogP contribution is 2.29. The van der Waals surface area contributed by atoms with Gasteiger partial charge in [0, 0.05) is 69.9 Å². The van der Waals surface area contributed by atoms with Crippen LogP contribution in [0.1, 0.15) is 26.4 Å². The van der Waals surface area contributed by atoms with E-state index in [0.717, 1.165) is 16.5 Å². The third kappa shape index (κ3) is 7.97. The summed E-state index contributed by atoms with van der Waals surface area (Å²) in [6.45, 7) is -2.74. The Balaban J connectivity index is 1.05. The molecule has 5 aromatic rings. The smallest absolute Gasteiger partial charge is 0.387 e. The van der Waals surface area contributed by atoms with E-state index in [1.807, 2.05) is 34.7 Å². The Morgan fingerprint density at radius 1 is 0.800 bits per heavy atom. The Kier molecular flexibility index (Phi) is 10.2. The van der Waals surface area contributed by atoms with Gasteiger partial charge in [-0.15, -0.1) is 0 Å². The number of alkyl halides is 4. The van der Waals surface area contributed by atoms with Crippen molar-refractivity contribution < 1.29 is 41.4 Å². The average molecular weight is 692 g/mol. The summed E-state index contributed by atoms with van der Waals surface area (Å²) in [5.41, 5.74) is 3.10. The molecule has 0 saturated carbocycles. The maximum Gasteiger partial charge on any atom is 0.387 e. The van der Waals surface area contributed by atoms with Crippen molar-refractivity contribution in [2.24, 2.45) is 7.05 Å². The molecule has 14 heteroatoms. The largest absolute Gasteiger partial charge is 0.439 e. The van der Waals surface area contributed by atoms with Crippen LogP contribution in [0.15, 0.2) is 91.1 Å². The Bertz CT molecular complexity index is 1950. The molecule has 0 atom stereocenters. The fourth-order valence-electron chi connectivity index (χ4n) is 5.73. The Morgan fingerprint density at radius 2 is 1.42 bits per heavy atom. The lowest BCUT2D eigenvalue weighted by Gasteiger charge is -2.34. The van der Waals surface area contributed by atoms with Gasteiger partial charge in [-0.3, -0.25) is 14.5 Å². The van der Waals surface area contributed by atoms with Gasteiger partial charge in [-0.25, -0.2) is 4.98 Å².